The van der Waals surface area contributed by atoms with E-state index in [1.165, 1.54) is 16.7 Å². The van der Waals surface area contributed by atoms with Crippen molar-refractivity contribution in [3.63, 3.8) is 0 Å². The van der Waals surface area contributed by atoms with Crippen molar-refractivity contribution in [3.05, 3.63) is 94.5 Å². The lowest BCUT2D eigenvalue weighted by Crippen LogP contribution is -2.00. The van der Waals surface area contributed by atoms with Crippen LogP contribution in [-0.4, -0.2) is 14.8 Å². The number of nitrogens with zero attached hydrogens (tertiary/aromatic N) is 3. The Morgan fingerprint density at radius 1 is 0.857 bits per heavy atom. The summed E-state index contributed by atoms with van der Waals surface area (Å²) in [5.74, 6) is 1.65. The second-order valence-corrected chi connectivity index (χ2v) is 8.14. The van der Waals surface area contributed by atoms with Crippen molar-refractivity contribution in [2.45, 2.75) is 24.8 Å². The summed E-state index contributed by atoms with van der Waals surface area (Å²) in [6.45, 7) is 4.19. The molecule has 3 nitrogen and oxygen atoms in total. The van der Waals surface area contributed by atoms with Crippen molar-refractivity contribution in [3.8, 4) is 17.1 Å². The molecule has 1 heterocycles. The fraction of sp³-hybridized carbons (Fsp3) is 0.130. The van der Waals surface area contributed by atoms with Gasteiger partial charge in [0.25, 0.3) is 0 Å². The van der Waals surface area contributed by atoms with Gasteiger partial charge >= 0.3 is 0 Å². The molecule has 4 aromatic rings. The van der Waals surface area contributed by atoms with E-state index in [1.807, 2.05) is 24.3 Å². The van der Waals surface area contributed by atoms with E-state index in [0.29, 0.717) is 5.02 Å². The average molecular weight is 406 g/mol. The first-order valence-electron chi connectivity index (χ1n) is 9.07. The number of hydrogen-bond acceptors (Lipinski definition) is 3. The molecule has 0 unspecified atom stereocenters. The Bertz CT molecular complexity index is 1090. The third kappa shape index (κ3) is 4.13. The van der Waals surface area contributed by atoms with Crippen LogP contribution < -0.4 is 0 Å². The Balaban J connectivity index is 1.73. The van der Waals surface area contributed by atoms with Gasteiger partial charge in [-0.3, -0.25) is 4.57 Å². The number of halogens is 1. The van der Waals surface area contributed by atoms with Crippen LogP contribution in [0.25, 0.3) is 17.1 Å². The van der Waals surface area contributed by atoms with E-state index in [2.05, 4.69) is 77.1 Å². The first kappa shape index (κ1) is 18.8. The number of rotatable bonds is 5. The maximum atomic E-state index is 6.06. The summed E-state index contributed by atoms with van der Waals surface area (Å²) in [7, 11) is 0. The lowest BCUT2D eigenvalue weighted by molar-refractivity contribution is 0.885. The molecule has 0 fully saturated rings. The van der Waals surface area contributed by atoms with Crippen LogP contribution in [0, 0.1) is 13.8 Å². The molecule has 0 atom stereocenters. The SMILES string of the molecule is Cc1ccc(CSc2nnc(-c3ccc(Cl)cc3)n2-c2cccc(C)c2)cc1. The summed E-state index contributed by atoms with van der Waals surface area (Å²) in [4.78, 5) is 0. The van der Waals surface area contributed by atoms with Gasteiger partial charge in [0.15, 0.2) is 11.0 Å². The maximum Gasteiger partial charge on any atom is 0.196 e. The van der Waals surface area contributed by atoms with E-state index >= 15 is 0 Å². The van der Waals surface area contributed by atoms with Gasteiger partial charge in [0.1, 0.15) is 0 Å². The van der Waals surface area contributed by atoms with Crippen molar-refractivity contribution < 1.29 is 0 Å². The molecule has 0 N–H and O–H groups in total. The standard InChI is InChI=1S/C23H20ClN3S/c1-16-6-8-18(9-7-16)15-28-23-26-25-22(19-10-12-20(24)13-11-19)27(23)21-5-3-4-17(2)14-21/h3-14H,15H2,1-2H3. The Hall–Kier alpha value is -2.56. The molecule has 3 aromatic carbocycles. The Labute approximate surface area is 174 Å². The van der Waals surface area contributed by atoms with E-state index in [1.54, 1.807) is 11.8 Å². The molecule has 5 heteroatoms. The van der Waals surface area contributed by atoms with E-state index in [-0.39, 0.29) is 0 Å². The van der Waals surface area contributed by atoms with E-state index < -0.39 is 0 Å². The highest BCUT2D eigenvalue weighted by Crippen LogP contribution is 2.30. The highest BCUT2D eigenvalue weighted by Gasteiger charge is 2.16. The van der Waals surface area contributed by atoms with Crippen molar-refractivity contribution >= 4 is 23.4 Å². The van der Waals surface area contributed by atoms with Crippen LogP contribution in [0.3, 0.4) is 0 Å². The number of thioether (sulfide) groups is 1. The first-order valence-corrected chi connectivity index (χ1v) is 10.4. The molecule has 0 aliphatic heterocycles. The van der Waals surface area contributed by atoms with E-state index in [4.69, 9.17) is 11.6 Å². The Morgan fingerprint density at radius 3 is 2.32 bits per heavy atom. The molecule has 1 aromatic heterocycles. The minimum atomic E-state index is 0.708. The van der Waals surface area contributed by atoms with Gasteiger partial charge in [0, 0.05) is 22.0 Å². The molecular formula is C23H20ClN3S. The number of benzene rings is 3. The summed E-state index contributed by atoms with van der Waals surface area (Å²) < 4.78 is 2.12. The zero-order chi connectivity index (χ0) is 19.5. The minimum Gasteiger partial charge on any atom is -0.270 e. The summed E-state index contributed by atoms with van der Waals surface area (Å²) in [6, 6.07) is 24.7. The smallest absolute Gasteiger partial charge is 0.196 e. The Kier molecular flexibility index (Phi) is 5.51. The molecule has 0 aliphatic rings. The van der Waals surface area contributed by atoms with Gasteiger partial charge in [-0.05, 0) is 61.4 Å². The van der Waals surface area contributed by atoms with Crippen LogP contribution >= 0.6 is 23.4 Å². The molecule has 0 spiro atoms. The van der Waals surface area contributed by atoms with Crippen molar-refractivity contribution in [1.82, 2.24) is 14.8 Å². The van der Waals surface area contributed by atoms with Crippen LogP contribution in [-0.2, 0) is 5.75 Å². The van der Waals surface area contributed by atoms with Crippen molar-refractivity contribution in [2.24, 2.45) is 0 Å². The van der Waals surface area contributed by atoms with Gasteiger partial charge in [-0.1, -0.05) is 65.3 Å². The predicted octanol–water partition coefficient (Wildman–Crippen LogP) is 6.50. The van der Waals surface area contributed by atoms with Gasteiger partial charge in [-0.25, -0.2) is 0 Å². The molecule has 0 saturated carbocycles. The number of aromatic nitrogens is 3. The average Bonchev–Trinajstić information content (AvgIpc) is 3.12. The van der Waals surface area contributed by atoms with Gasteiger partial charge in [-0.15, -0.1) is 10.2 Å². The van der Waals surface area contributed by atoms with E-state index in [9.17, 15) is 0 Å². The zero-order valence-electron chi connectivity index (χ0n) is 15.8. The predicted molar refractivity (Wildman–Crippen MR) is 117 cm³/mol. The summed E-state index contributed by atoms with van der Waals surface area (Å²) >= 11 is 7.75. The molecule has 140 valence electrons. The largest absolute Gasteiger partial charge is 0.270 e. The normalized spacial score (nSPS) is 11.0. The fourth-order valence-electron chi connectivity index (χ4n) is 2.98. The third-order valence-corrected chi connectivity index (χ3v) is 5.74. The van der Waals surface area contributed by atoms with Crippen LogP contribution in [0.5, 0.6) is 0 Å². The lowest BCUT2D eigenvalue weighted by atomic mass is 10.2. The molecular weight excluding hydrogens is 386 g/mol. The second kappa shape index (κ2) is 8.21. The highest BCUT2D eigenvalue weighted by molar-refractivity contribution is 7.98. The molecule has 4 rings (SSSR count). The van der Waals surface area contributed by atoms with Crippen molar-refractivity contribution in [1.29, 1.82) is 0 Å². The van der Waals surface area contributed by atoms with Gasteiger partial charge in [0.05, 0.1) is 0 Å². The number of hydrogen-bond donors (Lipinski definition) is 0. The molecule has 0 saturated heterocycles. The quantitative estimate of drug-likeness (QED) is 0.355. The van der Waals surface area contributed by atoms with E-state index in [0.717, 1.165) is 28.0 Å². The third-order valence-electron chi connectivity index (χ3n) is 4.48. The Morgan fingerprint density at radius 2 is 1.61 bits per heavy atom. The molecule has 0 bridgehead atoms. The minimum absolute atomic E-state index is 0.708. The zero-order valence-corrected chi connectivity index (χ0v) is 17.3. The number of aryl methyl sites for hydroxylation is 2. The summed E-state index contributed by atoms with van der Waals surface area (Å²) in [5.41, 5.74) is 5.77. The van der Waals surface area contributed by atoms with Crippen LogP contribution in [0.15, 0.2) is 78.0 Å². The van der Waals surface area contributed by atoms with Gasteiger partial charge < -0.3 is 0 Å². The van der Waals surface area contributed by atoms with Crippen molar-refractivity contribution in [2.75, 3.05) is 0 Å². The molecule has 0 radical (unpaired) electrons. The van der Waals surface area contributed by atoms with Gasteiger partial charge in [0.2, 0.25) is 0 Å². The van der Waals surface area contributed by atoms with Gasteiger partial charge in [-0.2, -0.15) is 0 Å². The lowest BCUT2D eigenvalue weighted by Gasteiger charge is -2.11. The monoisotopic (exact) mass is 405 g/mol. The molecule has 0 aliphatic carbocycles. The topological polar surface area (TPSA) is 30.7 Å². The first-order chi connectivity index (χ1) is 13.6. The van der Waals surface area contributed by atoms with Crippen LogP contribution in [0.2, 0.25) is 5.02 Å². The molecule has 28 heavy (non-hydrogen) atoms. The second-order valence-electron chi connectivity index (χ2n) is 6.76. The van der Waals surface area contributed by atoms with Crippen LogP contribution in [0.4, 0.5) is 0 Å². The summed E-state index contributed by atoms with van der Waals surface area (Å²) in [5, 5.41) is 10.6. The summed E-state index contributed by atoms with van der Waals surface area (Å²) in [6.07, 6.45) is 0. The van der Waals surface area contributed by atoms with Crippen LogP contribution in [0.1, 0.15) is 16.7 Å². The maximum absolute atomic E-state index is 6.06. The molecule has 0 amide bonds. The highest BCUT2D eigenvalue weighted by atomic mass is 35.5. The fourth-order valence-corrected chi connectivity index (χ4v) is 4.02.